The van der Waals surface area contributed by atoms with Crippen LogP contribution in [0.3, 0.4) is 0 Å². The predicted octanol–water partition coefficient (Wildman–Crippen LogP) is 4.78. The fraction of sp³-hybridized carbons (Fsp3) is 0.250. The number of nitrogens with zero attached hydrogens (tertiary/aromatic N) is 2. The Kier molecular flexibility index (Phi) is 5.68. The number of likely N-dealkylation sites (tertiary alicyclic amines) is 1. The van der Waals surface area contributed by atoms with E-state index in [0.29, 0.717) is 34.2 Å². The summed E-state index contributed by atoms with van der Waals surface area (Å²) >= 11 is 2.55. The minimum absolute atomic E-state index is 0.138. The van der Waals surface area contributed by atoms with Gasteiger partial charge in [0.25, 0.3) is 5.91 Å². The Morgan fingerprint density at radius 1 is 1.14 bits per heavy atom. The lowest BCUT2D eigenvalue weighted by atomic mass is 10.0. The van der Waals surface area contributed by atoms with Gasteiger partial charge in [0.1, 0.15) is 6.04 Å². The van der Waals surface area contributed by atoms with Gasteiger partial charge in [-0.25, -0.2) is 13.8 Å². The average molecular weight is 434 g/mol. The number of carbonyl (C=O) groups excluding carboxylic acids is 2. The maximum Gasteiger partial charge on any atom is 0.264 e. The van der Waals surface area contributed by atoms with Crippen molar-refractivity contribution in [2.24, 2.45) is 0 Å². The molecule has 29 heavy (non-hydrogen) atoms. The molecule has 1 N–H and O–H groups in total. The van der Waals surface area contributed by atoms with E-state index < -0.39 is 17.7 Å². The first-order valence-electron chi connectivity index (χ1n) is 9.09. The van der Waals surface area contributed by atoms with Crippen LogP contribution in [0.15, 0.2) is 41.1 Å². The molecule has 1 aliphatic rings. The van der Waals surface area contributed by atoms with Crippen LogP contribution in [0.5, 0.6) is 0 Å². The van der Waals surface area contributed by atoms with Crippen LogP contribution in [-0.2, 0) is 4.79 Å². The van der Waals surface area contributed by atoms with Gasteiger partial charge < -0.3 is 10.2 Å². The van der Waals surface area contributed by atoms with Gasteiger partial charge in [0.15, 0.2) is 16.8 Å². The zero-order chi connectivity index (χ0) is 20.4. The molecule has 3 heterocycles. The number of hydrogen-bond acceptors (Lipinski definition) is 5. The summed E-state index contributed by atoms with van der Waals surface area (Å²) < 4.78 is 26.6. The van der Waals surface area contributed by atoms with Crippen LogP contribution in [-0.4, -0.2) is 34.3 Å². The normalized spacial score (nSPS) is 16.6. The average Bonchev–Trinajstić information content (AvgIpc) is 3.42. The molecule has 1 atom stereocenters. The third-order valence-electron chi connectivity index (χ3n) is 4.75. The van der Waals surface area contributed by atoms with Crippen LogP contribution in [0, 0.1) is 11.6 Å². The molecule has 0 bridgehead atoms. The van der Waals surface area contributed by atoms with Gasteiger partial charge in [-0.3, -0.25) is 9.59 Å². The minimum Gasteiger partial charge on any atom is -0.326 e. The van der Waals surface area contributed by atoms with Crippen molar-refractivity contribution in [1.82, 2.24) is 9.88 Å². The lowest BCUT2D eigenvalue weighted by Gasteiger charge is -2.34. The molecule has 0 radical (unpaired) electrons. The smallest absolute Gasteiger partial charge is 0.264 e. The summed E-state index contributed by atoms with van der Waals surface area (Å²) in [5.74, 6) is -2.31. The molecule has 0 saturated carbocycles. The minimum atomic E-state index is -0.953. The van der Waals surface area contributed by atoms with E-state index in [-0.39, 0.29) is 11.8 Å². The van der Waals surface area contributed by atoms with Crippen LogP contribution in [0.25, 0.3) is 11.3 Å². The number of piperidine rings is 1. The number of aromatic nitrogens is 1. The lowest BCUT2D eigenvalue weighted by Crippen LogP contribution is -2.49. The van der Waals surface area contributed by atoms with Gasteiger partial charge in [0, 0.05) is 17.5 Å². The Hall–Kier alpha value is -2.65. The fourth-order valence-corrected chi connectivity index (χ4v) is 4.70. The molecule has 1 fully saturated rings. The van der Waals surface area contributed by atoms with Crippen molar-refractivity contribution in [2.75, 3.05) is 11.9 Å². The van der Waals surface area contributed by atoms with Crippen molar-refractivity contribution < 1.29 is 18.4 Å². The monoisotopic (exact) mass is 433 g/mol. The van der Waals surface area contributed by atoms with E-state index >= 15 is 0 Å². The van der Waals surface area contributed by atoms with E-state index in [9.17, 15) is 18.4 Å². The zero-order valence-electron chi connectivity index (χ0n) is 15.2. The maximum absolute atomic E-state index is 13.5. The van der Waals surface area contributed by atoms with Gasteiger partial charge in [-0.05, 0) is 48.9 Å². The highest BCUT2D eigenvalue weighted by Crippen LogP contribution is 2.28. The Bertz CT molecular complexity index is 1040. The lowest BCUT2D eigenvalue weighted by molar-refractivity contribution is -0.121. The second kappa shape index (κ2) is 8.38. The summed E-state index contributed by atoms with van der Waals surface area (Å²) in [5.41, 5.74) is 0.868. The van der Waals surface area contributed by atoms with E-state index in [1.165, 1.54) is 28.7 Å². The van der Waals surface area contributed by atoms with Gasteiger partial charge in [-0.1, -0.05) is 6.07 Å². The summed E-state index contributed by atoms with van der Waals surface area (Å²) in [6, 6.07) is 6.55. The summed E-state index contributed by atoms with van der Waals surface area (Å²) in [6.07, 6.45) is 2.31. The van der Waals surface area contributed by atoms with Gasteiger partial charge in [-0.15, -0.1) is 22.7 Å². The molecule has 4 rings (SSSR count). The summed E-state index contributed by atoms with van der Waals surface area (Å²) in [4.78, 5) is 32.1. The van der Waals surface area contributed by atoms with Crippen LogP contribution >= 0.6 is 22.7 Å². The second-order valence-electron chi connectivity index (χ2n) is 6.64. The molecule has 0 aliphatic carbocycles. The van der Waals surface area contributed by atoms with E-state index in [4.69, 9.17) is 0 Å². The number of thiazole rings is 1. The SMILES string of the molecule is O=C(Nc1nc(-c2ccc(F)c(F)c2)cs1)C1CCCCN1C(=O)c1cccs1. The quantitative estimate of drug-likeness (QED) is 0.644. The third kappa shape index (κ3) is 4.20. The first-order chi connectivity index (χ1) is 14.0. The van der Waals surface area contributed by atoms with Gasteiger partial charge >= 0.3 is 0 Å². The van der Waals surface area contributed by atoms with E-state index in [1.54, 1.807) is 16.3 Å². The summed E-state index contributed by atoms with van der Waals surface area (Å²) in [6.45, 7) is 0.535. The van der Waals surface area contributed by atoms with Gasteiger partial charge in [-0.2, -0.15) is 0 Å². The highest BCUT2D eigenvalue weighted by molar-refractivity contribution is 7.14. The number of anilines is 1. The number of nitrogens with one attached hydrogen (secondary N) is 1. The van der Waals surface area contributed by atoms with Crippen molar-refractivity contribution in [3.63, 3.8) is 0 Å². The van der Waals surface area contributed by atoms with Crippen molar-refractivity contribution >= 4 is 39.6 Å². The summed E-state index contributed by atoms with van der Waals surface area (Å²) in [5, 5.41) is 6.62. The number of carbonyl (C=O) groups is 2. The van der Waals surface area contributed by atoms with Crippen LogP contribution in [0.1, 0.15) is 28.9 Å². The van der Waals surface area contributed by atoms with Crippen LogP contribution in [0.2, 0.25) is 0 Å². The largest absolute Gasteiger partial charge is 0.326 e. The molecular formula is C20H17F2N3O2S2. The standard InChI is InChI=1S/C20H17F2N3O2S2/c21-13-7-6-12(10-14(13)22)15-11-29-20(23-15)24-18(26)16-4-1-2-8-25(16)19(27)17-5-3-9-28-17/h3,5-7,9-11,16H,1-2,4,8H2,(H,23,24,26). The number of halogens is 2. The topological polar surface area (TPSA) is 62.3 Å². The Morgan fingerprint density at radius 2 is 2.00 bits per heavy atom. The number of rotatable bonds is 4. The Morgan fingerprint density at radius 3 is 2.76 bits per heavy atom. The van der Waals surface area contributed by atoms with E-state index in [2.05, 4.69) is 10.3 Å². The fourth-order valence-electron chi connectivity index (χ4n) is 3.30. The molecule has 0 spiro atoms. The van der Waals surface area contributed by atoms with Gasteiger partial charge in [0.2, 0.25) is 5.91 Å². The van der Waals surface area contributed by atoms with E-state index in [0.717, 1.165) is 25.0 Å². The summed E-state index contributed by atoms with van der Waals surface area (Å²) in [7, 11) is 0. The Balaban J connectivity index is 1.48. The van der Waals surface area contributed by atoms with Crippen LogP contribution in [0.4, 0.5) is 13.9 Å². The predicted molar refractivity (Wildman–Crippen MR) is 109 cm³/mol. The van der Waals surface area contributed by atoms with Crippen molar-refractivity contribution in [1.29, 1.82) is 0 Å². The maximum atomic E-state index is 13.5. The third-order valence-corrected chi connectivity index (χ3v) is 6.36. The first kappa shape index (κ1) is 19.7. The number of hydrogen-bond donors (Lipinski definition) is 1. The van der Waals surface area contributed by atoms with Crippen molar-refractivity contribution in [3.05, 3.63) is 57.6 Å². The Labute approximate surface area is 174 Å². The first-order valence-corrected chi connectivity index (χ1v) is 10.8. The highest BCUT2D eigenvalue weighted by atomic mass is 32.1. The molecule has 2 aromatic heterocycles. The number of amides is 2. The molecule has 1 unspecified atom stereocenters. The van der Waals surface area contributed by atoms with Crippen molar-refractivity contribution in [2.45, 2.75) is 25.3 Å². The molecule has 9 heteroatoms. The van der Waals surface area contributed by atoms with Crippen molar-refractivity contribution in [3.8, 4) is 11.3 Å². The molecular weight excluding hydrogens is 416 g/mol. The highest BCUT2D eigenvalue weighted by Gasteiger charge is 2.33. The molecule has 3 aromatic rings. The molecule has 2 amide bonds. The number of thiophene rings is 1. The second-order valence-corrected chi connectivity index (χ2v) is 8.45. The molecule has 150 valence electrons. The zero-order valence-corrected chi connectivity index (χ0v) is 16.9. The molecule has 1 saturated heterocycles. The molecule has 5 nitrogen and oxygen atoms in total. The van der Waals surface area contributed by atoms with Crippen LogP contribution < -0.4 is 5.32 Å². The molecule has 1 aromatic carbocycles. The van der Waals surface area contributed by atoms with Gasteiger partial charge in [0.05, 0.1) is 10.6 Å². The molecule has 1 aliphatic heterocycles. The number of benzene rings is 1. The van der Waals surface area contributed by atoms with E-state index in [1.807, 2.05) is 11.4 Å².